The van der Waals surface area contributed by atoms with Gasteiger partial charge in [0.25, 0.3) is 0 Å². The van der Waals surface area contributed by atoms with Gasteiger partial charge < -0.3 is 0 Å². The Morgan fingerprint density at radius 3 is 1.68 bits per heavy atom. The van der Waals surface area contributed by atoms with Gasteiger partial charge in [-0.2, -0.15) is 0 Å². The zero-order valence-corrected chi connectivity index (χ0v) is 14.5. The van der Waals surface area contributed by atoms with Crippen LogP contribution in [0.1, 0.15) is 0 Å². The quantitative estimate of drug-likeness (QED) is 0.554. The van der Waals surface area contributed by atoms with Gasteiger partial charge in [0.15, 0.2) is 42.9 Å². The van der Waals surface area contributed by atoms with Crippen LogP contribution in [0.5, 0.6) is 0 Å². The third kappa shape index (κ3) is 4.13. The molecule has 0 N–H and O–H groups in total. The highest BCUT2D eigenvalue weighted by Crippen LogP contribution is 2.25. The summed E-state index contributed by atoms with van der Waals surface area (Å²) in [5, 5.41) is 0.242. The first-order chi connectivity index (χ1) is 11.5. The molecule has 0 aliphatic rings. The number of hydrogen-bond donors (Lipinski definition) is 0. The second-order valence-electron chi connectivity index (χ2n) is 4.89. The Morgan fingerprint density at radius 1 is 0.760 bits per heavy atom. The molecule has 2 aromatic rings. The molecule has 136 valence electrons. The van der Waals surface area contributed by atoms with Crippen LogP contribution in [0, 0.1) is 23.3 Å². The van der Waals surface area contributed by atoms with Crippen molar-refractivity contribution in [1.29, 1.82) is 0 Å². The fraction of sp³-hybridized carbons (Fsp3) is 0.143. The summed E-state index contributed by atoms with van der Waals surface area (Å²) in [7, 11) is -9.09. The van der Waals surface area contributed by atoms with Crippen molar-refractivity contribution in [1.82, 2.24) is 0 Å². The smallest absolute Gasteiger partial charge is 0.185 e. The number of benzene rings is 2. The zero-order valence-electron chi connectivity index (χ0n) is 12.1. The van der Waals surface area contributed by atoms with Gasteiger partial charge in [0.1, 0.15) is 4.90 Å². The molecule has 4 nitrogen and oxygen atoms in total. The largest absolute Gasteiger partial charge is 0.224 e. The summed E-state index contributed by atoms with van der Waals surface area (Å²) in [4.78, 5) is -2.10. The van der Waals surface area contributed by atoms with Crippen molar-refractivity contribution in [3.05, 3.63) is 58.6 Å². The van der Waals surface area contributed by atoms with E-state index in [1.165, 1.54) is 12.1 Å². The minimum Gasteiger partial charge on any atom is -0.224 e. The van der Waals surface area contributed by atoms with Crippen molar-refractivity contribution in [3.63, 3.8) is 0 Å². The fourth-order valence-electron chi connectivity index (χ4n) is 1.91. The van der Waals surface area contributed by atoms with E-state index in [2.05, 4.69) is 0 Å². The highest BCUT2D eigenvalue weighted by molar-refractivity contribution is 7.95. The summed E-state index contributed by atoms with van der Waals surface area (Å²) in [6.07, 6.45) is 0. The maximum atomic E-state index is 13.6. The number of rotatable bonds is 5. The van der Waals surface area contributed by atoms with Gasteiger partial charge in [-0.3, -0.25) is 0 Å². The second-order valence-corrected chi connectivity index (χ2v) is 9.48. The van der Waals surface area contributed by atoms with Crippen molar-refractivity contribution in [3.8, 4) is 0 Å². The molecular weight excluding hydrogens is 408 g/mol. The molecule has 0 radical (unpaired) electrons. The Labute approximate surface area is 145 Å². The molecular formula is C14H9ClF4O4S2. The van der Waals surface area contributed by atoms with Crippen molar-refractivity contribution in [2.24, 2.45) is 0 Å². The maximum absolute atomic E-state index is 13.6. The Morgan fingerprint density at radius 2 is 1.20 bits per heavy atom. The van der Waals surface area contributed by atoms with Crippen LogP contribution in [-0.4, -0.2) is 28.3 Å². The van der Waals surface area contributed by atoms with E-state index in [9.17, 15) is 34.4 Å². The van der Waals surface area contributed by atoms with Gasteiger partial charge in [0.2, 0.25) is 0 Å². The molecule has 0 unspecified atom stereocenters. The van der Waals surface area contributed by atoms with Crippen LogP contribution in [0.2, 0.25) is 5.02 Å². The van der Waals surface area contributed by atoms with E-state index < -0.39 is 59.3 Å². The number of sulfone groups is 2. The van der Waals surface area contributed by atoms with E-state index in [1.54, 1.807) is 0 Å². The first-order valence-electron chi connectivity index (χ1n) is 6.50. The first kappa shape index (κ1) is 19.7. The average molecular weight is 417 g/mol. The van der Waals surface area contributed by atoms with Crippen molar-refractivity contribution in [2.75, 3.05) is 11.5 Å². The lowest BCUT2D eigenvalue weighted by Crippen LogP contribution is -2.20. The molecule has 0 aromatic heterocycles. The monoisotopic (exact) mass is 416 g/mol. The van der Waals surface area contributed by atoms with Crippen LogP contribution in [0.25, 0.3) is 0 Å². The summed E-state index contributed by atoms with van der Waals surface area (Å²) >= 11 is 5.61. The average Bonchev–Trinajstić information content (AvgIpc) is 2.52. The van der Waals surface area contributed by atoms with Crippen LogP contribution in [0.4, 0.5) is 17.6 Å². The molecule has 0 amide bonds. The number of halogens is 5. The van der Waals surface area contributed by atoms with E-state index in [0.717, 1.165) is 12.1 Å². The van der Waals surface area contributed by atoms with Gasteiger partial charge in [-0.05, 0) is 24.3 Å². The summed E-state index contributed by atoms with van der Waals surface area (Å²) in [6.45, 7) is 0. The molecule has 0 atom stereocenters. The lowest BCUT2D eigenvalue weighted by molar-refractivity contribution is 0.419. The van der Waals surface area contributed by atoms with Crippen molar-refractivity contribution >= 4 is 31.3 Å². The molecule has 2 aromatic carbocycles. The highest BCUT2D eigenvalue weighted by atomic mass is 35.5. The molecule has 0 bridgehead atoms. The Hall–Kier alpha value is -1.65. The van der Waals surface area contributed by atoms with E-state index in [4.69, 9.17) is 11.6 Å². The summed E-state index contributed by atoms with van der Waals surface area (Å²) in [5.41, 5.74) is 0. The van der Waals surface area contributed by atoms with Gasteiger partial charge in [-0.25, -0.2) is 34.4 Å². The Balaban J connectivity index is 2.36. The van der Waals surface area contributed by atoms with Gasteiger partial charge in [0, 0.05) is 11.1 Å². The Kier molecular flexibility index (Phi) is 5.45. The van der Waals surface area contributed by atoms with Gasteiger partial charge in [-0.1, -0.05) is 11.6 Å². The Bertz CT molecular complexity index is 994. The molecule has 0 aliphatic carbocycles. The standard InChI is InChI=1S/C14H9ClF4O4S2/c15-8-1-3-9(4-2-8)24(20,21)5-6-25(22,23)14-12(18)10(16)7-11(17)13(14)19/h1-4,7H,5-6H2. The summed E-state index contributed by atoms with van der Waals surface area (Å²) in [5.74, 6) is -10.3. The topological polar surface area (TPSA) is 68.3 Å². The SMILES string of the molecule is O=S(=O)(CCS(=O)(=O)c1c(F)c(F)cc(F)c1F)c1ccc(Cl)cc1. The minimum atomic E-state index is -4.95. The fourth-order valence-corrected chi connectivity index (χ4v) is 5.52. The van der Waals surface area contributed by atoms with Crippen LogP contribution in [-0.2, 0) is 19.7 Å². The molecule has 0 saturated heterocycles. The van der Waals surface area contributed by atoms with Crippen LogP contribution >= 0.6 is 11.6 Å². The lowest BCUT2D eigenvalue weighted by atomic mass is 10.3. The van der Waals surface area contributed by atoms with Crippen molar-refractivity contribution in [2.45, 2.75) is 9.79 Å². The zero-order chi connectivity index (χ0) is 19.0. The molecule has 0 fully saturated rings. The van der Waals surface area contributed by atoms with Crippen LogP contribution < -0.4 is 0 Å². The van der Waals surface area contributed by atoms with E-state index in [0.29, 0.717) is 0 Å². The predicted octanol–water partition coefficient (Wildman–Crippen LogP) is 3.14. The summed E-state index contributed by atoms with van der Waals surface area (Å²) < 4.78 is 102. The molecule has 0 spiro atoms. The first-order valence-corrected chi connectivity index (χ1v) is 10.2. The van der Waals surface area contributed by atoms with Crippen LogP contribution in [0.15, 0.2) is 40.1 Å². The van der Waals surface area contributed by atoms with Gasteiger partial charge in [0.05, 0.1) is 16.4 Å². The summed E-state index contributed by atoms with van der Waals surface area (Å²) in [6, 6.07) is 4.60. The number of hydrogen-bond acceptors (Lipinski definition) is 4. The molecule has 0 saturated carbocycles. The molecule has 0 heterocycles. The van der Waals surface area contributed by atoms with Crippen molar-refractivity contribution < 1.29 is 34.4 Å². The highest BCUT2D eigenvalue weighted by Gasteiger charge is 2.31. The molecule has 11 heteroatoms. The normalized spacial score (nSPS) is 12.4. The third-order valence-corrected chi connectivity index (χ3v) is 7.14. The lowest BCUT2D eigenvalue weighted by Gasteiger charge is -2.09. The van der Waals surface area contributed by atoms with Gasteiger partial charge >= 0.3 is 0 Å². The maximum Gasteiger partial charge on any atom is 0.185 e. The van der Waals surface area contributed by atoms with E-state index in [-0.39, 0.29) is 16.0 Å². The molecule has 2 rings (SSSR count). The molecule has 25 heavy (non-hydrogen) atoms. The minimum absolute atomic E-state index is 0.145. The third-order valence-electron chi connectivity index (χ3n) is 3.18. The van der Waals surface area contributed by atoms with Gasteiger partial charge in [-0.15, -0.1) is 0 Å². The van der Waals surface area contributed by atoms with E-state index >= 15 is 0 Å². The van der Waals surface area contributed by atoms with E-state index in [1.807, 2.05) is 0 Å². The molecule has 0 aliphatic heterocycles. The predicted molar refractivity (Wildman–Crippen MR) is 81.8 cm³/mol. The second kappa shape index (κ2) is 6.93. The van der Waals surface area contributed by atoms with Crippen LogP contribution in [0.3, 0.4) is 0 Å².